The summed E-state index contributed by atoms with van der Waals surface area (Å²) in [5.74, 6) is 0.403. The van der Waals surface area contributed by atoms with Gasteiger partial charge in [0, 0.05) is 38.2 Å². The van der Waals surface area contributed by atoms with Gasteiger partial charge in [0.15, 0.2) is 17.0 Å². The van der Waals surface area contributed by atoms with Crippen molar-refractivity contribution in [1.82, 2.24) is 29.2 Å². The van der Waals surface area contributed by atoms with Crippen molar-refractivity contribution in [2.24, 2.45) is 7.05 Å². The van der Waals surface area contributed by atoms with Gasteiger partial charge < -0.3 is 23.5 Å². The van der Waals surface area contributed by atoms with Crippen molar-refractivity contribution in [2.45, 2.75) is 100 Å². The van der Waals surface area contributed by atoms with E-state index >= 15 is 0 Å². The molecule has 238 valence electrons. The number of halogens is 1. The Morgan fingerprint density at radius 3 is 2.61 bits per heavy atom. The van der Waals surface area contributed by atoms with E-state index < -0.39 is 12.0 Å². The maximum absolute atomic E-state index is 14.3. The number of hydrogen-bond acceptors (Lipinski definition) is 10. The molecule has 44 heavy (non-hydrogen) atoms. The molecule has 2 aliphatic carbocycles. The SMILES string of the molecule is C[C@H](Oc1nc(-c2onc3c2CCC[C@@]32CCCCC23OCCO3)nc2c1n(C)c(=O)n2[C@@H]1CCOC1)[C@@H]1C[C@H](F)CN1C. The molecule has 1 saturated carbocycles. The molecule has 6 heterocycles. The van der Waals surface area contributed by atoms with Gasteiger partial charge in [0.05, 0.1) is 37.0 Å². The van der Waals surface area contributed by atoms with E-state index in [1.54, 1.807) is 16.2 Å². The number of aromatic nitrogens is 5. The lowest BCUT2D eigenvalue weighted by atomic mass is 9.61. The van der Waals surface area contributed by atoms with Gasteiger partial charge in [-0.25, -0.2) is 14.2 Å². The van der Waals surface area contributed by atoms with E-state index in [9.17, 15) is 9.18 Å². The molecule has 13 heteroatoms. The van der Waals surface area contributed by atoms with Gasteiger partial charge in [0.25, 0.3) is 0 Å². The van der Waals surface area contributed by atoms with Crippen LogP contribution in [-0.4, -0.2) is 93.3 Å². The molecule has 8 rings (SSSR count). The minimum absolute atomic E-state index is 0.132. The molecule has 3 saturated heterocycles. The second-order valence-corrected chi connectivity index (χ2v) is 13.3. The zero-order valence-electron chi connectivity index (χ0n) is 25.7. The minimum atomic E-state index is -0.909. The fourth-order valence-corrected chi connectivity index (χ4v) is 8.72. The van der Waals surface area contributed by atoms with Crippen molar-refractivity contribution in [3.63, 3.8) is 0 Å². The van der Waals surface area contributed by atoms with Crippen molar-refractivity contribution < 1.29 is 27.9 Å². The molecule has 0 radical (unpaired) electrons. The third-order valence-corrected chi connectivity index (χ3v) is 10.9. The number of fused-ring (bicyclic) bond motifs is 4. The predicted octanol–water partition coefficient (Wildman–Crippen LogP) is 3.45. The average molecular weight is 613 g/mol. The van der Waals surface area contributed by atoms with Gasteiger partial charge in [-0.15, -0.1) is 0 Å². The zero-order valence-corrected chi connectivity index (χ0v) is 25.7. The standard InChI is InChI=1S/C31H41FN6O6/c1-18(22-15-19(32)16-36(22)2)43-28-23-27(38(29(39)37(23)3)20-8-12-40-17-20)33-26(34-28)24-21-7-6-10-30(25(21)35-44-24)9-4-5-11-31(30)41-13-14-42-31/h18-20,22H,4-17H2,1-3H3/t18-,19-,20+,22-,30-/m0/s1. The molecule has 0 amide bonds. The summed E-state index contributed by atoms with van der Waals surface area (Å²) < 4.78 is 48.7. The molecule has 0 unspecified atom stereocenters. The Morgan fingerprint density at radius 2 is 1.86 bits per heavy atom. The largest absolute Gasteiger partial charge is 0.471 e. The van der Waals surface area contributed by atoms with Crippen molar-refractivity contribution in [3.05, 3.63) is 21.7 Å². The highest BCUT2D eigenvalue weighted by molar-refractivity contribution is 5.80. The van der Waals surface area contributed by atoms with E-state index in [0.717, 1.165) is 56.2 Å². The molecule has 0 bridgehead atoms. The Balaban J connectivity index is 1.27. The first kappa shape index (κ1) is 28.6. The quantitative estimate of drug-likeness (QED) is 0.424. The fourth-order valence-electron chi connectivity index (χ4n) is 8.72. The Morgan fingerprint density at radius 1 is 1.07 bits per heavy atom. The molecule has 3 aromatic heterocycles. The van der Waals surface area contributed by atoms with Crippen molar-refractivity contribution in [1.29, 1.82) is 0 Å². The third kappa shape index (κ3) is 4.15. The van der Waals surface area contributed by atoms with Crippen LogP contribution >= 0.6 is 0 Å². The zero-order chi connectivity index (χ0) is 30.2. The maximum Gasteiger partial charge on any atom is 0.330 e. The Bertz CT molecular complexity index is 1620. The second-order valence-electron chi connectivity index (χ2n) is 13.3. The number of alkyl halides is 1. The Hall–Kier alpha value is -2.87. The highest BCUT2D eigenvalue weighted by Crippen LogP contribution is 2.57. The summed E-state index contributed by atoms with van der Waals surface area (Å²) in [5.41, 5.74) is 2.23. The third-order valence-electron chi connectivity index (χ3n) is 10.9. The summed E-state index contributed by atoms with van der Waals surface area (Å²) in [4.78, 5) is 25.6. The van der Waals surface area contributed by atoms with Crippen LogP contribution in [-0.2, 0) is 33.1 Å². The summed E-state index contributed by atoms with van der Waals surface area (Å²) in [6, 6.07) is -0.286. The lowest BCUT2D eigenvalue weighted by Gasteiger charge is -2.50. The van der Waals surface area contributed by atoms with E-state index in [4.69, 9.17) is 38.6 Å². The first-order valence-electron chi connectivity index (χ1n) is 16.2. The van der Waals surface area contributed by atoms with E-state index in [2.05, 4.69) is 0 Å². The lowest BCUT2D eigenvalue weighted by Crippen LogP contribution is -2.56. The van der Waals surface area contributed by atoms with Crippen LogP contribution in [0.2, 0.25) is 0 Å². The molecule has 0 N–H and O–H groups in total. The van der Waals surface area contributed by atoms with E-state index in [0.29, 0.717) is 68.6 Å². The maximum atomic E-state index is 14.3. The highest BCUT2D eigenvalue weighted by Gasteiger charge is 2.61. The van der Waals surface area contributed by atoms with E-state index in [1.165, 1.54) is 0 Å². The van der Waals surface area contributed by atoms with Crippen LogP contribution in [0.4, 0.5) is 4.39 Å². The van der Waals surface area contributed by atoms with Gasteiger partial charge in [-0.1, -0.05) is 11.6 Å². The van der Waals surface area contributed by atoms with Crippen molar-refractivity contribution >= 4 is 11.2 Å². The first-order valence-corrected chi connectivity index (χ1v) is 16.2. The molecule has 3 aliphatic heterocycles. The number of rotatable bonds is 5. The van der Waals surface area contributed by atoms with E-state index in [-0.39, 0.29) is 35.2 Å². The van der Waals surface area contributed by atoms with E-state index in [1.807, 2.05) is 18.9 Å². The first-order chi connectivity index (χ1) is 21.3. The second kappa shape index (κ2) is 10.6. The molecule has 4 fully saturated rings. The normalized spacial score (nSPS) is 31.0. The van der Waals surface area contributed by atoms with Gasteiger partial charge in [-0.2, -0.15) is 4.98 Å². The summed E-state index contributed by atoms with van der Waals surface area (Å²) in [5, 5.41) is 4.71. The van der Waals surface area contributed by atoms with Crippen LogP contribution in [0.15, 0.2) is 9.32 Å². The number of nitrogens with zero attached hydrogens (tertiary/aromatic N) is 6. The summed E-state index contributed by atoms with van der Waals surface area (Å²) in [6.07, 6.45) is 6.29. The van der Waals surface area contributed by atoms with Crippen molar-refractivity contribution in [3.8, 4) is 17.5 Å². The van der Waals surface area contributed by atoms with Crippen LogP contribution < -0.4 is 10.4 Å². The molecule has 2 spiro atoms. The van der Waals surface area contributed by atoms with Gasteiger partial charge in [0.2, 0.25) is 17.5 Å². The molecule has 5 aliphatic rings. The molecular formula is C31H41FN6O6. The monoisotopic (exact) mass is 612 g/mol. The smallest absolute Gasteiger partial charge is 0.330 e. The number of aryl methyl sites for hydroxylation is 1. The Labute approximate surface area is 254 Å². The van der Waals surface area contributed by atoms with Crippen LogP contribution in [0.5, 0.6) is 5.88 Å². The summed E-state index contributed by atoms with van der Waals surface area (Å²) >= 11 is 0. The number of ether oxygens (including phenoxy) is 4. The topological polar surface area (TPSA) is 119 Å². The van der Waals surface area contributed by atoms with Gasteiger partial charge in [-0.05, 0) is 58.9 Å². The number of likely N-dealkylation sites (tertiary alicyclic amines) is 1. The van der Waals surface area contributed by atoms with Gasteiger partial charge >= 0.3 is 5.69 Å². The van der Waals surface area contributed by atoms with Crippen LogP contribution in [0.1, 0.15) is 75.6 Å². The van der Waals surface area contributed by atoms with Crippen LogP contribution in [0.25, 0.3) is 22.7 Å². The number of hydrogen-bond donors (Lipinski definition) is 0. The molecule has 3 aromatic rings. The van der Waals surface area contributed by atoms with Gasteiger partial charge in [-0.3, -0.25) is 14.0 Å². The molecule has 12 nitrogen and oxygen atoms in total. The van der Waals surface area contributed by atoms with Crippen molar-refractivity contribution in [2.75, 3.05) is 40.0 Å². The fraction of sp³-hybridized carbons (Fsp3) is 0.742. The minimum Gasteiger partial charge on any atom is -0.471 e. The number of likely N-dealkylation sites (N-methyl/N-ethyl adjacent to an activating group) is 1. The van der Waals surface area contributed by atoms with Gasteiger partial charge in [0.1, 0.15) is 12.3 Å². The highest BCUT2D eigenvalue weighted by atomic mass is 19.1. The predicted molar refractivity (Wildman–Crippen MR) is 156 cm³/mol. The molecule has 0 aromatic carbocycles. The molecule has 5 atom stereocenters. The summed E-state index contributed by atoms with van der Waals surface area (Å²) in [6.45, 7) is 4.45. The summed E-state index contributed by atoms with van der Waals surface area (Å²) in [7, 11) is 3.62. The number of imidazole rings is 1. The lowest BCUT2D eigenvalue weighted by molar-refractivity contribution is -0.231. The Kier molecular flexibility index (Phi) is 6.89. The molecular weight excluding hydrogens is 571 g/mol. The average Bonchev–Trinajstić information content (AvgIpc) is 3.84. The van der Waals surface area contributed by atoms with Crippen LogP contribution in [0.3, 0.4) is 0 Å². The van der Waals surface area contributed by atoms with Crippen LogP contribution in [0, 0.1) is 0 Å².